The largest absolute Gasteiger partial charge is 0.490 e. The van der Waals surface area contributed by atoms with Crippen LogP contribution in [0.3, 0.4) is 0 Å². The minimum Gasteiger partial charge on any atom is -0.483 e. The number of aromatic nitrogens is 1. The molecule has 1 fully saturated rings. The fraction of sp³-hybridized carbons (Fsp3) is 0.480. The molecule has 2 aromatic rings. The van der Waals surface area contributed by atoms with E-state index in [-0.39, 0.29) is 10.9 Å². The molecular weight excluding hydrogens is 616 g/mol. The Morgan fingerprint density at radius 2 is 1.58 bits per heavy atom. The number of aliphatic carboxylic acids is 2. The van der Waals surface area contributed by atoms with Gasteiger partial charge in [-0.3, -0.25) is 4.90 Å². The second kappa shape index (κ2) is 13.8. The lowest BCUT2D eigenvalue weighted by Crippen LogP contribution is -2.51. The maximum atomic E-state index is 13.3. The lowest BCUT2D eigenvalue weighted by atomic mass is 10.0. The summed E-state index contributed by atoms with van der Waals surface area (Å²) in [6.07, 6.45) is -7.70. The number of hydrogen-bond donors (Lipinski definition) is 2. The van der Waals surface area contributed by atoms with Gasteiger partial charge < -0.3 is 19.7 Å². The molecule has 3 heterocycles. The van der Waals surface area contributed by atoms with Gasteiger partial charge in [-0.25, -0.2) is 23.0 Å². The highest BCUT2D eigenvalue weighted by Crippen LogP contribution is 2.39. The summed E-state index contributed by atoms with van der Waals surface area (Å²) in [7, 11) is -1.99. The molecule has 4 rings (SSSR count). The first-order valence-electron chi connectivity index (χ1n) is 12.3. The van der Waals surface area contributed by atoms with Crippen molar-refractivity contribution in [3.05, 3.63) is 48.2 Å². The third kappa shape index (κ3) is 9.42. The molecule has 2 aliphatic rings. The Balaban J connectivity index is 0.000000384. The number of pyridine rings is 1. The molecule has 2 aliphatic heterocycles. The zero-order valence-electron chi connectivity index (χ0n) is 23.0. The summed E-state index contributed by atoms with van der Waals surface area (Å²) in [5.41, 5.74) is 0.425. The number of carbonyl (C=O) groups is 2. The summed E-state index contributed by atoms with van der Waals surface area (Å²) in [5.74, 6) is -4.46. The van der Waals surface area contributed by atoms with Crippen LogP contribution in [0, 0.1) is 0 Å². The third-order valence-electron chi connectivity index (χ3n) is 6.10. The maximum absolute atomic E-state index is 13.3. The van der Waals surface area contributed by atoms with Crippen molar-refractivity contribution in [3.8, 4) is 11.6 Å². The van der Waals surface area contributed by atoms with Gasteiger partial charge >= 0.3 is 24.3 Å². The average molecular weight is 646 g/mol. The first-order valence-corrected chi connectivity index (χ1v) is 13.8. The molecular formula is C25H29F6N3O8S. The minimum absolute atomic E-state index is 0.154. The van der Waals surface area contributed by atoms with E-state index in [9.17, 15) is 34.8 Å². The molecule has 2 N–H and O–H groups in total. The van der Waals surface area contributed by atoms with Gasteiger partial charge in [-0.05, 0) is 32.0 Å². The Kier molecular flexibility index (Phi) is 11.4. The molecule has 0 amide bonds. The van der Waals surface area contributed by atoms with E-state index >= 15 is 0 Å². The van der Waals surface area contributed by atoms with Crippen LogP contribution in [0.2, 0.25) is 0 Å². The number of hydrogen-bond acceptors (Lipinski definition) is 8. The van der Waals surface area contributed by atoms with E-state index in [2.05, 4.69) is 9.88 Å². The molecule has 1 aromatic heterocycles. The number of benzene rings is 1. The number of sulfonamides is 1. The van der Waals surface area contributed by atoms with Crippen molar-refractivity contribution in [1.82, 2.24) is 14.2 Å². The Morgan fingerprint density at radius 3 is 2.09 bits per heavy atom. The monoisotopic (exact) mass is 645 g/mol. The first-order chi connectivity index (χ1) is 19.7. The van der Waals surface area contributed by atoms with Crippen molar-refractivity contribution in [2.24, 2.45) is 0 Å². The zero-order valence-corrected chi connectivity index (χ0v) is 23.8. The number of rotatable bonds is 4. The third-order valence-corrected chi connectivity index (χ3v) is 8.16. The van der Waals surface area contributed by atoms with Gasteiger partial charge in [-0.1, -0.05) is 18.2 Å². The first kappa shape index (κ1) is 35.6. The SMILES string of the molecule is COc1ncccc1CN1CCC2(C1)CN(C(C)C)S(=O)(=O)c1ccccc1O2.O=C(O)C(F)(F)F.O=C(O)C(F)(F)F. The van der Waals surface area contributed by atoms with Gasteiger partial charge in [0.05, 0.1) is 13.7 Å². The predicted molar refractivity (Wildman–Crippen MR) is 137 cm³/mol. The van der Waals surface area contributed by atoms with Crippen LogP contribution in [-0.2, 0) is 26.2 Å². The Bertz CT molecular complexity index is 1360. The molecule has 0 aliphatic carbocycles. The number of methoxy groups -OCH3 is 1. The van der Waals surface area contributed by atoms with Gasteiger partial charge in [0.2, 0.25) is 15.9 Å². The molecule has 1 aromatic carbocycles. The van der Waals surface area contributed by atoms with Crippen molar-refractivity contribution in [1.29, 1.82) is 0 Å². The normalized spacial score (nSPS) is 20.0. The van der Waals surface area contributed by atoms with E-state index in [0.29, 0.717) is 31.3 Å². The number of carboxylic acids is 2. The maximum Gasteiger partial charge on any atom is 0.490 e. The molecule has 0 saturated carbocycles. The molecule has 43 heavy (non-hydrogen) atoms. The van der Waals surface area contributed by atoms with Crippen LogP contribution in [0.1, 0.15) is 25.8 Å². The van der Waals surface area contributed by atoms with Gasteiger partial charge in [0.15, 0.2) is 0 Å². The van der Waals surface area contributed by atoms with Crippen LogP contribution in [0.5, 0.6) is 11.6 Å². The van der Waals surface area contributed by atoms with Crippen molar-refractivity contribution >= 4 is 22.0 Å². The highest BCUT2D eigenvalue weighted by molar-refractivity contribution is 7.89. The molecule has 1 spiro atoms. The van der Waals surface area contributed by atoms with Crippen LogP contribution < -0.4 is 9.47 Å². The number of ether oxygens (including phenoxy) is 2. The van der Waals surface area contributed by atoms with E-state index in [1.807, 2.05) is 32.0 Å². The molecule has 1 atom stereocenters. The molecule has 18 heteroatoms. The van der Waals surface area contributed by atoms with Gasteiger partial charge in [0.1, 0.15) is 16.2 Å². The smallest absolute Gasteiger partial charge is 0.483 e. The molecule has 11 nitrogen and oxygen atoms in total. The summed E-state index contributed by atoms with van der Waals surface area (Å²) in [4.78, 5) is 24.6. The van der Waals surface area contributed by atoms with Gasteiger partial charge in [-0.15, -0.1) is 0 Å². The van der Waals surface area contributed by atoms with Crippen LogP contribution in [-0.4, -0.2) is 95.5 Å². The number of halogens is 6. The minimum atomic E-state index is -5.08. The molecule has 1 saturated heterocycles. The average Bonchev–Trinajstić information content (AvgIpc) is 3.25. The summed E-state index contributed by atoms with van der Waals surface area (Å²) in [6, 6.07) is 10.7. The second-order valence-electron chi connectivity index (χ2n) is 9.61. The molecule has 0 bridgehead atoms. The Morgan fingerprint density at radius 1 is 1.02 bits per heavy atom. The standard InChI is InChI=1S/C21H27N3O4S.2C2HF3O2/c1-16(2)24-15-21(28-18-8-4-5-9-19(18)29(24,25)26)10-12-23(14-21)13-17-7-6-11-22-20(17)27-3;2*3-2(4,5)1(6)7/h4-9,11,16H,10,12-15H2,1-3H3;2*(H,6,7). The van der Waals surface area contributed by atoms with E-state index in [1.165, 1.54) is 0 Å². The fourth-order valence-corrected chi connectivity index (χ4v) is 6.04. The van der Waals surface area contributed by atoms with E-state index in [1.54, 1.807) is 35.8 Å². The van der Waals surface area contributed by atoms with Gasteiger partial charge in [0, 0.05) is 43.9 Å². The molecule has 1 unspecified atom stereocenters. The fourth-order valence-electron chi connectivity index (χ4n) is 4.21. The van der Waals surface area contributed by atoms with Crippen molar-refractivity contribution in [2.45, 2.75) is 55.7 Å². The summed E-state index contributed by atoms with van der Waals surface area (Å²) >= 11 is 0. The van der Waals surface area contributed by atoms with E-state index < -0.39 is 39.9 Å². The highest BCUT2D eigenvalue weighted by Gasteiger charge is 2.48. The quantitative estimate of drug-likeness (QED) is 0.471. The second-order valence-corrected chi connectivity index (χ2v) is 11.5. The van der Waals surface area contributed by atoms with Crippen molar-refractivity contribution in [2.75, 3.05) is 26.7 Å². The summed E-state index contributed by atoms with van der Waals surface area (Å²) in [6.45, 7) is 6.28. The lowest BCUT2D eigenvalue weighted by molar-refractivity contribution is -0.193. The number of nitrogens with zero attached hydrogens (tertiary/aromatic N) is 3. The Hall–Kier alpha value is -3.64. The van der Waals surface area contributed by atoms with Crippen LogP contribution in [0.15, 0.2) is 47.5 Å². The zero-order chi connectivity index (χ0) is 32.8. The predicted octanol–water partition coefficient (Wildman–Crippen LogP) is 3.79. The van der Waals surface area contributed by atoms with Crippen molar-refractivity contribution < 1.29 is 64.0 Å². The van der Waals surface area contributed by atoms with Crippen molar-refractivity contribution in [3.63, 3.8) is 0 Å². The van der Waals surface area contributed by atoms with E-state index in [4.69, 9.17) is 29.3 Å². The van der Waals surface area contributed by atoms with E-state index in [0.717, 1.165) is 18.5 Å². The Labute approximate surface area is 242 Å². The topological polar surface area (TPSA) is 147 Å². The van der Waals surface area contributed by atoms with Crippen LogP contribution >= 0.6 is 0 Å². The lowest BCUT2D eigenvalue weighted by Gasteiger charge is -2.33. The number of carboxylic acid groups (broad SMARTS) is 2. The molecule has 240 valence electrons. The number of fused-ring (bicyclic) bond motifs is 1. The number of likely N-dealkylation sites (tertiary alicyclic amines) is 1. The van der Waals surface area contributed by atoms with Gasteiger partial charge in [0.25, 0.3) is 0 Å². The number of alkyl halides is 6. The number of para-hydroxylation sites is 1. The van der Waals surface area contributed by atoms with Gasteiger partial charge in [-0.2, -0.15) is 30.6 Å². The van der Waals surface area contributed by atoms with Crippen LogP contribution in [0.4, 0.5) is 26.3 Å². The highest BCUT2D eigenvalue weighted by atomic mass is 32.2. The van der Waals surface area contributed by atoms with Crippen LogP contribution in [0.25, 0.3) is 0 Å². The molecule has 0 radical (unpaired) electrons. The summed E-state index contributed by atoms with van der Waals surface area (Å²) < 4.78 is 103. The summed E-state index contributed by atoms with van der Waals surface area (Å²) in [5, 5.41) is 14.2.